The van der Waals surface area contributed by atoms with Gasteiger partial charge in [-0.05, 0) is 56.6 Å². The van der Waals surface area contributed by atoms with Crippen LogP contribution in [0.4, 0.5) is 0 Å². The number of nitrogens with one attached hydrogen (secondary N) is 1. The molecule has 0 radical (unpaired) electrons. The fraction of sp³-hybridized carbons (Fsp3) is 1.00. The van der Waals surface area contributed by atoms with Gasteiger partial charge >= 0.3 is 0 Å². The minimum Gasteiger partial charge on any atom is -0.314 e. The summed E-state index contributed by atoms with van der Waals surface area (Å²) in [6.07, 6.45) is 13.5. The molecule has 1 aliphatic rings. The molecule has 0 aromatic carbocycles. The van der Waals surface area contributed by atoms with E-state index in [-0.39, 0.29) is 0 Å². The molecule has 0 amide bonds. The molecule has 2 heteroatoms. The third-order valence-electron chi connectivity index (χ3n) is 3.87. The molecule has 1 fully saturated rings. The Hall–Kier alpha value is 0.310. The second-order valence-electron chi connectivity index (χ2n) is 5.13. The van der Waals surface area contributed by atoms with Gasteiger partial charge in [-0.15, -0.1) is 0 Å². The second-order valence-corrected chi connectivity index (χ2v) is 6.12. The topological polar surface area (TPSA) is 12.0 Å². The van der Waals surface area contributed by atoms with Crippen molar-refractivity contribution in [1.29, 1.82) is 0 Å². The van der Waals surface area contributed by atoms with Crippen molar-refractivity contribution in [3.05, 3.63) is 0 Å². The summed E-state index contributed by atoms with van der Waals surface area (Å²) < 4.78 is 0. The maximum Gasteiger partial charge on any atom is 0.00671 e. The molecule has 96 valence electrons. The highest BCUT2D eigenvalue weighted by Gasteiger charge is 2.16. The fourth-order valence-electron chi connectivity index (χ4n) is 2.67. The largest absolute Gasteiger partial charge is 0.314 e. The van der Waals surface area contributed by atoms with Crippen LogP contribution in [-0.4, -0.2) is 24.6 Å². The summed E-state index contributed by atoms with van der Waals surface area (Å²) in [5.74, 6) is 2.34. The first-order valence-electron chi connectivity index (χ1n) is 7.09. The molecule has 1 nitrogen and oxygen atoms in total. The number of thioether (sulfide) groups is 1. The normalized spacial score (nSPS) is 26.6. The lowest BCUT2D eigenvalue weighted by Crippen LogP contribution is -2.29. The Morgan fingerprint density at radius 3 is 2.75 bits per heavy atom. The number of hydrogen-bond donors (Lipinski definition) is 1. The van der Waals surface area contributed by atoms with Crippen molar-refractivity contribution in [3.63, 3.8) is 0 Å². The molecule has 0 aromatic rings. The first-order chi connectivity index (χ1) is 7.86. The Kier molecular flexibility index (Phi) is 8.40. The monoisotopic (exact) mass is 243 g/mol. The van der Waals surface area contributed by atoms with Crippen LogP contribution in [0.5, 0.6) is 0 Å². The Balaban J connectivity index is 2.03. The van der Waals surface area contributed by atoms with Gasteiger partial charge in [0.2, 0.25) is 0 Å². The number of unbranched alkanes of at least 4 members (excludes halogenated alkanes) is 1. The zero-order valence-electron chi connectivity index (χ0n) is 11.1. The molecule has 2 atom stereocenters. The Morgan fingerprint density at radius 1 is 1.12 bits per heavy atom. The molecule has 16 heavy (non-hydrogen) atoms. The smallest absolute Gasteiger partial charge is 0.00671 e. The van der Waals surface area contributed by atoms with Crippen molar-refractivity contribution >= 4 is 11.8 Å². The first-order valence-corrected chi connectivity index (χ1v) is 8.48. The van der Waals surface area contributed by atoms with Crippen LogP contribution in [0.2, 0.25) is 0 Å². The van der Waals surface area contributed by atoms with Crippen LogP contribution in [0, 0.1) is 5.92 Å². The van der Waals surface area contributed by atoms with Gasteiger partial charge in [0.25, 0.3) is 0 Å². The van der Waals surface area contributed by atoms with E-state index < -0.39 is 0 Å². The zero-order chi connectivity index (χ0) is 11.6. The van der Waals surface area contributed by atoms with Gasteiger partial charge < -0.3 is 5.32 Å². The maximum absolute atomic E-state index is 3.76. The van der Waals surface area contributed by atoms with E-state index in [4.69, 9.17) is 0 Å². The molecule has 0 aromatic heterocycles. The lowest BCUT2D eigenvalue weighted by atomic mass is 9.98. The summed E-state index contributed by atoms with van der Waals surface area (Å²) in [7, 11) is 0. The lowest BCUT2D eigenvalue weighted by Gasteiger charge is -2.16. The van der Waals surface area contributed by atoms with E-state index in [0.717, 1.165) is 12.0 Å². The van der Waals surface area contributed by atoms with Gasteiger partial charge in [-0.25, -0.2) is 0 Å². The molecular formula is C14H29NS. The van der Waals surface area contributed by atoms with Gasteiger partial charge in [0.15, 0.2) is 0 Å². The quantitative estimate of drug-likeness (QED) is 0.534. The predicted molar refractivity (Wildman–Crippen MR) is 76.3 cm³/mol. The van der Waals surface area contributed by atoms with Gasteiger partial charge in [-0.1, -0.05) is 26.2 Å². The molecule has 0 aliphatic heterocycles. The fourth-order valence-corrected chi connectivity index (χ4v) is 3.16. The molecular weight excluding hydrogens is 214 g/mol. The van der Waals surface area contributed by atoms with E-state index >= 15 is 0 Å². The molecule has 0 saturated heterocycles. The molecule has 1 rings (SSSR count). The highest BCUT2D eigenvalue weighted by molar-refractivity contribution is 7.98. The minimum atomic E-state index is 0.825. The van der Waals surface area contributed by atoms with E-state index in [1.54, 1.807) is 0 Å². The van der Waals surface area contributed by atoms with Crippen LogP contribution in [0.25, 0.3) is 0 Å². The highest BCUT2D eigenvalue weighted by atomic mass is 32.2. The summed E-state index contributed by atoms with van der Waals surface area (Å²) >= 11 is 1.97. The Morgan fingerprint density at radius 2 is 2.00 bits per heavy atom. The van der Waals surface area contributed by atoms with Gasteiger partial charge in [0.1, 0.15) is 0 Å². The van der Waals surface area contributed by atoms with E-state index in [1.165, 1.54) is 63.7 Å². The van der Waals surface area contributed by atoms with Gasteiger partial charge in [0.05, 0.1) is 0 Å². The summed E-state index contributed by atoms with van der Waals surface area (Å²) in [4.78, 5) is 0. The highest BCUT2D eigenvalue weighted by Crippen LogP contribution is 2.25. The predicted octanol–water partition coefficient (Wildman–Crippen LogP) is 4.08. The lowest BCUT2D eigenvalue weighted by molar-refractivity contribution is 0.424. The summed E-state index contributed by atoms with van der Waals surface area (Å²) in [6.45, 7) is 3.59. The third kappa shape index (κ3) is 6.15. The molecule has 1 saturated carbocycles. The van der Waals surface area contributed by atoms with Crippen molar-refractivity contribution in [3.8, 4) is 0 Å². The van der Waals surface area contributed by atoms with E-state index in [0.29, 0.717) is 0 Å². The van der Waals surface area contributed by atoms with Crippen LogP contribution in [0.15, 0.2) is 0 Å². The molecule has 1 aliphatic carbocycles. The van der Waals surface area contributed by atoms with Gasteiger partial charge in [-0.2, -0.15) is 11.8 Å². The number of hydrogen-bond acceptors (Lipinski definition) is 2. The van der Waals surface area contributed by atoms with Crippen molar-refractivity contribution in [2.24, 2.45) is 5.92 Å². The summed E-state index contributed by atoms with van der Waals surface area (Å²) in [6, 6.07) is 0.825. The van der Waals surface area contributed by atoms with Crippen LogP contribution >= 0.6 is 11.8 Å². The van der Waals surface area contributed by atoms with Crippen molar-refractivity contribution in [2.75, 3.05) is 18.6 Å². The van der Waals surface area contributed by atoms with Crippen LogP contribution in [0.3, 0.4) is 0 Å². The second kappa shape index (κ2) is 9.35. The van der Waals surface area contributed by atoms with Crippen molar-refractivity contribution in [2.45, 2.75) is 64.3 Å². The average molecular weight is 243 g/mol. The van der Waals surface area contributed by atoms with E-state index in [1.807, 2.05) is 11.8 Å². The van der Waals surface area contributed by atoms with E-state index in [9.17, 15) is 0 Å². The van der Waals surface area contributed by atoms with Crippen molar-refractivity contribution < 1.29 is 0 Å². The molecule has 0 spiro atoms. The Bertz CT molecular complexity index is 161. The van der Waals surface area contributed by atoms with E-state index in [2.05, 4.69) is 18.5 Å². The summed E-state index contributed by atoms with van der Waals surface area (Å²) in [5, 5.41) is 3.76. The summed E-state index contributed by atoms with van der Waals surface area (Å²) in [5.41, 5.74) is 0. The Labute approximate surface area is 106 Å². The SMILES string of the molecule is CCC1CCCC(NCCCCSC)CC1. The van der Waals surface area contributed by atoms with Crippen LogP contribution in [-0.2, 0) is 0 Å². The third-order valence-corrected chi connectivity index (χ3v) is 4.57. The van der Waals surface area contributed by atoms with Gasteiger partial charge in [-0.3, -0.25) is 0 Å². The van der Waals surface area contributed by atoms with Crippen LogP contribution in [0.1, 0.15) is 58.3 Å². The molecule has 0 bridgehead atoms. The first kappa shape index (κ1) is 14.4. The van der Waals surface area contributed by atoms with Crippen molar-refractivity contribution in [1.82, 2.24) is 5.32 Å². The van der Waals surface area contributed by atoms with Crippen LogP contribution < -0.4 is 5.32 Å². The van der Waals surface area contributed by atoms with Gasteiger partial charge in [0, 0.05) is 6.04 Å². The average Bonchev–Trinajstić information content (AvgIpc) is 2.54. The molecule has 2 unspecified atom stereocenters. The molecule has 0 heterocycles. The standard InChI is InChI=1S/C14H29NS/c1-3-13-7-6-8-14(10-9-13)15-11-4-5-12-16-2/h13-15H,3-12H2,1-2H3. The zero-order valence-corrected chi connectivity index (χ0v) is 12.0. The number of rotatable bonds is 7. The minimum absolute atomic E-state index is 0.825. The maximum atomic E-state index is 3.76. The molecule has 1 N–H and O–H groups in total.